The van der Waals surface area contributed by atoms with Gasteiger partial charge in [0.1, 0.15) is 0 Å². The Bertz CT molecular complexity index is 476. The molecule has 2 aromatic rings. The van der Waals surface area contributed by atoms with Crippen LogP contribution in [0, 0.1) is 0 Å². The molecule has 1 unspecified atom stereocenters. The third-order valence-corrected chi connectivity index (χ3v) is 4.38. The Morgan fingerprint density at radius 2 is 2.47 bits per heavy atom. The fraction of sp³-hybridized carbons (Fsp3) is 0.300. The van der Waals surface area contributed by atoms with Crippen molar-refractivity contribution in [2.45, 2.75) is 12.5 Å². The lowest BCUT2D eigenvalue weighted by Crippen LogP contribution is -2.30. The van der Waals surface area contributed by atoms with E-state index in [9.17, 15) is 0 Å². The number of nitrogens with one attached hydrogen (secondary N) is 2. The molecule has 0 saturated carbocycles. The van der Waals surface area contributed by atoms with E-state index < -0.39 is 0 Å². The van der Waals surface area contributed by atoms with E-state index in [4.69, 9.17) is 0 Å². The molecular formula is C10H10BrN3S. The second kappa shape index (κ2) is 3.73. The van der Waals surface area contributed by atoms with Gasteiger partial charge in [-0.2, -0.15) is 0 Å². The Balaban J connectivity index is 2.02. The summed E-state index contributed by atoms with van der Waals surface area (Å²) in [4.78, 5) is 8.92. The molecular weight excluding hydrogens is 274 g/mol. The highest BCUT2D eigenvalue weighted by Crippen LogP contribution is 2.32. The normalized spacial score (nSPS) is 20.2. The van der Waals surface area contributed by atoms with Gasteiger partial charge in [0.2, 0.25) is 0 Å². The van der Waals surface area contributed by atoms with Gasteiger partial charge in [0.25, 0.3) is 0 Å². The summed E-state index contributed by atoms with van der Waals surface area (Å²) in [6, 6.07) is 2.42. The van der Waals surface area contributed by atoms with Gasteiger partial charge in [-0.05, 0) is 22.0 Å². The number of hydrogen-bond donors (Lipinski definition) is 2. The van der Waals surface area contributed by atoms with Crippen molar-refractivity contribution >= 4 is 27.3 Å². The zero-order chi connectivity index (χ0) is 10.3. The first-order valence-corrected chi connectivity index (χ1v) is 6.51. The molecule has 0 spiro atoms. The number of aromatic nitrogens is 2. The van der Waals surface area contributed by atoms with Crippen LogP contribution in [0.2, 0.25) is 0 Å². The molecule has 3 heterocycles. The summed E-state index contributed by atoms with van der Waals surface area (Å²) in [6.07, 6.45) is 2.83. The summed E-state index contributed by atoms with van der Waals surface area (Å²) in [6.45, 7) is 1.01. The zero-order valence-electron chi connectivity index (χ0n) is 7.96. The van der Waals surface area contributed by atoms with E-state index in [2.05, 4.69) is 42.7 Å². The summed E-state index contributed by atoms with van der Waals surface area (Å²) < 4.78 is 1.15. The number of aromatic amines is 1. The molecule has 78 valence electrons. The van der Waals surface area contributed by atoms with Crippen LogP contribution in [0.5, 0.6) is 0 Å². The Labute approximate surface area is 100 Å². The van der Waals surface area contributed by atoms with Gasteiger partial charge in [-0.25, -0.2) is 4.98 Å². The predicted molar refractivity (Wildman–Crippen MR) is 64.2 cm³/mol. The lowest BCUT2D eigenvalue weighted by atomic mass is 10.0. The molecule has 5 heteroatoms. The maximum absolute atomic E-state index is 4.40. The number of rotatable bonds is 1. The van der Waals surface area contributed by atoms with E-state index in [0.29, 0.717) is 0 Å². The number of H-pyrrole nitrogens is 1. The van der Waals surface area contributed by atoms with Crippen LogP contribution in [-0.4, -0.2) is 16.5 Å². The van der Waals surface area contributed by atoms with Gasteiger partial charge in [0.05, 0.1) is 18.1 Å². The van der Waals surface area contributed by atoms with Gasteiger partial charge in [-0.15, -0.1) is 11.3 Å². The van der Waals surface area contributed by atoms with E-state index in [1.165, 1.54) is 10.6 Å². The minimum atomic E-state index is 0.260. The summed E-state index contributed by atoms with van der Waals surface area (Å²) in [5, 5.41) is 5.61. The van der Waals surface area contributed by atoms with Crippen molar-refractivity contribution in [1.82, 2.24) is 15.3 Å². The van der Waals surface area contributed by atoms with E-state index in [1.54, 1.807) is 17.7 Å². The molecule has 0 aromatic carbocycles. The van der Waals surface area contributed by atoms with Crippen molar-refractivity contribution in [2.24, 2.45) is 0 Å². The van der Waals surface area contributed by atoms with Gasteiger partial charge in [-0.1, -0.05) is 0 Å². The van der Waals surface area contributed by atoms with Crippen molar-refractivity contribution in [1.29, 1.82) is 0 Å². The molecule has 3 rings (SSSR count). The van der Waals surface area contributed by atoms with Crippen LogP contribution in [0.15, 0.2) is 22.2 Å². The second-order valence-corrected chi connectivity index (χ2v) is 5.43. The lowest BCUT2D eigenvalue weighted by molar-refractivity contribution is 0.560. The number of fused-ring (bicyclic) bond motifs is 1. The van der Waals surface area contributed by atoms with E-state index in [1.807, 2.05) is 0 Å². The largest absolute Gasteiger partial charge is 0.348 e. The highest BCUT2D eigenvalue weighted by atomic mass is 79.9. The van der Waals surface area contributed by atoms with E-state index >= 15 is 0 Å². The molecule has 1 aliphatic rings. The maximum atomic E-state index is 4.40. The first-order valence-electron chi connectivity index (χ1n) is 4.84. The zero-order valence-corrected chi connectivity index (χ0v) is 10.4. The summed E-state index contributed by atoms with van der Waals surface area (Å²) in [5.74, 6) is 0. The van der Waals surface area contributed by atoms with Crippen molar-refractivity contribution in [3.05, 3.63) is 38.5 Å². The van der Waals surface area contributed by atoms with Gasteiger partial charge >= 0.3 is 0 Å². The smallest absolute Gasteiger partial charge is 0.0926 e. The average Bonchev–Trinajstić information content (AvgIpc) is 2.84. The Morgan fingerprint density at radius 3 is 3.27 bits per heavy atom. The molecule has 1 atom stereocenters. The van der Waals surface area contributed by atoms with Gasteiger partial charge in [-0.3, -0.25) is 0 Å². The molecule has 0 radical (unpaired) electrons. The first kappa shape index (κ1) is 9.57. The monoisotopic (exact) mass is 283 g/mol. The van der Waals surface area contributed by atoms with Crippen molar-refractivity contribution in [3.8, 4) is 0 Å². The first-order chi connectivity index (χ1) is 7.34. The minimum Gasteiger partial charge on any atom is -0.348 e. The molecule has 3 nitrogen and oxygen atoms in total. The van der Waals surface area contributed by atoms with Crippen LogP contribution in [0.1, 0.15) is 22.3 Å². The second-order valence-electron chi connectivity index (χ2n) is 3.57. The number of imidazole rings is 1. The Morgan fingerprint density at radius 1 is 1.53 bits per heavy atom. The minimum absolute atomic E-state index is 0.260. The standard InChI is InChI=1S/C10H10BrN3S/c11-6-3-8(15-4-6)10-9-7(1-2-12-10)13-5-14-9/h3-5,10,12H,1-2H2,(H,13,14). The summed E-state index contributed by atoms with van der Waals surface area (Å²) in [7, 11) is 0. The molecule has 15 heavy (non-hydrogen) atoms. The maximum Gasteiger partial charge on any atom is 0.0926 e. The molecule has 0 saturated heterocycles. The number of thiophene rings is 1. The topological polar surface area (TPSA) is 40.7 Å². The summed E-state index contributed by atoms with van der Waals surface area (Å²) in [5.41, 5.74) is 2.42. The van der Waals surface area contributed by atoms with E-state index in [-0.39, 0.29) is 6.04 Å². The highest BCUT2D eigenvalue weighted by Gasteiger charge is 2.24. The fourth-order valence-corrected chi connectivity index (χ4v) is 3.46. The van der Waals surface area contributed by atoms with Gasteiger partial charge < -0.3 is 10.3 Å². The number of halogens is 1. The molecule has 0 bridgehead atoms. The molecule has 0 fully saturated rings. The summed E-state index contributed by atoms with van der Waals surface area (Å²) >= 11 is 5.24. The Hall–Kier alpha value is -0.650. The van der Waals surface area contributed by atoms with Crippen LogP contribution >= 0.6 is 27.3 Å². The van der Waals surface area contributed by atoms with Crippen molar-refractivity contribution in [3.63, 3.8) is 0 Å². The molecule has 2 aromatic heterocycles. The van der Waals surface area contributed by atoms with Crippen LogP contribution in [-0.2, 0) is 6.42 Å². The number of nitrogens with zero attached hydrogens (tertiary/aromatic N) is 1. The van der Waals surface area contributed by atoms with Crippen molar-refractivity contribution in [2.75, 3.05) is 6.54 Å². The van der Waals surface area contributed by atoms with Crippen LogP contribution < -0.4 is 5.32 Å². The number of hydrogen-bond acceptors (Lipinski definition) is 3. The van der Waals surface area contributed by atoms with Crippen LogP contribution in [0.3, 0.4) is 0 Å². The molecule has 0 amide bonds. The van der Waals surface area contributed by atoms with E-state index in [0.717, 1.165) is 23.1 Å². The third kappa shape index (κ3) is 1.64. The molecule has 2 N–H and O–H groups in total. The third-order valence-electron chi connectivity index (χ3n) is 2.62. The van der Waals surface area contributed by atoms with Gasteiger partial charge in [0, 0.05) is 33.4 Å². The molecule has 1 aliphatic heterocycles. The van der Waals surface area contributed by atoms with Gasteiger partial charge in [0.15, 0.2) is 0 Å². The highest BCUT2D eigenvalue weighted by molar-refractivity contribution is 9.10. The fourth-order valence-electron chi connectivity index (χ4n) is 1.93. The Kier molecular flexibility index (Phi) is 2.38. The SMILES string of the molecule is Brc1csc(C2NCCc3[nH]cnc32)c1. The van der Waals surface area contributed by atoms with Crippen molar-refractivity contribution < 1.29 is 0 Å². The quantitative estimate of drug-likeness (QED) is 0.844. The predicted octanol–water partition coefficient (Wildman–Crippen LogP) is 2.47. The lowest BCUT2D eigenvalue weighted by Gasteiger charge is -2.21. The average molecular weight is 284 g/mol. The van der Waals surface area contributed by atoms with Crippen LogP contribution in [0.4, 0.5) is 0 Å². The van der Waals surface area contributed by atoms with Crippen LogP contribution in [0.25, 0.3) is 0 Å². The molecule has 0 aliphatic carbocycles.